The maximum atomic E-state index is 4.25. The van der Waals surface area contributed by atoms with E-state index in [1.165, 1.54) is 17.8 Å². The summed E-state index contributed by atoms with van der Waals surface area (Å²) in [6.45, 7) is 13.8. The van der Waals surface area contributed by atoms with E-state index in [0.29, 0.717) is 0 Å². The highest BCUT2D eigenvalue weighted by Gasteiger charge is 2.05. The van der Waals surface area contributed by atoms with E-state index in [1.807, 2.05) is 52.1 Å². The van der Waals surface area contributed by atoms with Crippen molar-refractivity contribution in [3.63, 3.8) is 0 Å². The molecule has 2 heterocycles. The van der Waals surface area contributed by atoms with E-state index in [1.54, 1.807) is 5.51 Å². The van der Waals surface area contributed by atoms with E-state index in [9.17, 15) is 0 Å². The summed E-state index contributed by atoms with van der Waals surface area (Å²) in [4.78, 5) is 13.6. The second-order valence-electron chi connectivity index (χ2n) is 4.81. The van der Waals surface area contributed by atoms with E-state index in [-0.39, 0.29) is 0 Å². The summed E-state index contributed by atoms with van der Waals surface area (Å²) < 4.78 is 0. The van der Waals surface area contributed by atoms with Gasteiger partial charge in [-0.2, -0.15) is 0 Å². The predicted molar refractivity (Wildman–Crippen MR) is 104 cm³/mol. The molecule has 0 atom stereocenters. The molecule has 0 saturated heterocycles. The number of thiazole rings is 1. The molecule has 0 aliphatic carbocycles. The molecule has 0 unspecified atom stereocenters. The van der Waals surface area contributed by atoms with Crippen LogP contribution in [-0.4, -0.2) is 22.0 Å². The number of nitrogens with zero attached hydrogens (tertiary/aromatic N) is 3. The second-order valence-corrected chi connectivity index (χ2v) is 5.65. The van der Waals surface area contributed by atoms with E-state index < -0.39 is 0 Å². The summed E-state index contributed by atoms with van der Waals surface area (Å²) in [5.41, 5.74) is 3.72. The zero-order valence-electron chi connectivity index (χ0n) is 15.1. The van der Waals surface area contributed by atoms with Crippen molar-refractivity contribution >= 4 is 27.5 Å². The minimum Gasteiger partial charge on any atom is -0.371 e. The molecule has 0 bridgehead atoms. The molecule has 0 spiro atoms. The fraction of sp³-hybridized carbons (Fsp3) is 0.389. The molecule has 1 N–H and O–H groups in total. The van der Waals surface area contributed by atoms with E-state index in [4.69, 9.17) is 0 Å². The maximum absolute atomic E-state index is 4.25. The van der Waals surface area contributed by atoms with Gasteiger partial charge in [-0.3, -0.25) is 0 Å². The number of allylic oxidation sites excluding steroid dienone is 5. The number of rotatable bonds is 3. The molecule has 0 radical (unpaired) electrons. The normalized spacial score (nSPS) is 10.2. The van der Waals surface area contributed by atoms with Gasteiger partial charge in [-0.1, -0.05) is 56.7 Å². The lowest BCUT2D eigenvalue weighted by Gasteiger charge is -1.99. The van der Waals surface area contributed by atoms with Crippen LogP contribution in [0.3, 0.4) is 0 Å². The van der Waals surface area contributed by atoms with E-state index in [2.05, 4.69) is 40.7 Å². The van der Waals surface area contributed by atoms with Crippen molar-refractivity contribution in [1.82, 2.24) is 15.0 Å². The number of fused-ring (bicyclic) bond motifs is 1. The minimum absolute atomic E-state index is 0.774. The molecular weight excluding hydrogens is 304 g/mol. The first-order valence-electron chi connectivity index (χ1n) is 7.70. The molecule has 0 fully saturated rings. The topological polar surface area (TPSA) is 50.7 Å². The van der Waals surface area contributed by atoms with Gasteiger partial charge in [0.1, 0.15) is 16.2 Å². The third kappa shape index (κ3) is 8.88. The van der Waals surface area contributed by atoms with Crippen LogP contribution in [0.15, 0.2) is 42.0 Å². The van der Waals surface area contributed by atoms with Crippen molar-refractivity contribution < 1.29 is 0 Å². The fourth-order valence-corrected chi connectivity index (χ4v) is 2.08. The van der Waals surface area contributed by atoms with Crippen LogP contribution in [0.5, 0.6) is 0 Å². The van der Waals surface area contributed by atoms with Gasteiger partial charge in [-0.05, 0) is 20.8 Å². The van der Waals surface area contributed by atoms with Crippen molar-refractivity contribution in [3.05, 3.63) is 47.8 Å². The van der Waals surface area contributed by atoms with Crippen LogP contribution in [0.2, 0.25) is 0 Å². The van der Waals surface area contributed by atoms with E-state index >= 15 is 0 Å². The highest BCUT2D eigenvalue weighted by Crippen LogP contribution is 2.20. The molecule has 126 valence electrons. The zero-order valence-corrected chi connectivity index (χ0v) is 15.9. The quantitative estimate of drug-likeness (QED) is 0.749. The summed E-state index contributed by atoms with van der Waals surface area (Å²) in [5, 5.41) is 2.99. The summed E-state index contributed by atoms with van der Waals surface area (Å²) in [5.74, 6) is 1.58. The van der Waals surface area contributed by atoms with Crippen molar-refractivity contribution in [1.29, 1.82) is 0 Å². The molecule has 4 nitrogen and oxygen atoms in total. The monoisotopic (exact) mass is 332 g/mol. The van der Waals surface area contributed by atoms with Gasteiger partial charge in [-0.15, -0.1) is 11.3 Å². The third-order valence-corrected chi connectivity index (χ3v) is 2.95. The van der Waals surface area contributed by atoms with Crippen molar-refractivity contribution in [2.75, 3.05) is 12.4 Å². The first-order chi connectivity index (χ1) is 11.0. The molecule has 0 aromatic carbocycles. The van der Waals surface area contributed by atoms with Crippen LogP contribution in [0.1, 0.15) is 39.9 Å². The molecule has 5 heteroatoms. The number of hydrogen-bond acceptors (Lipinski definition) is 5. The highest BCUT2D eigenvalue weighted by atomic mass is 32.1. The summed E-state index contributed by atoms with van der Waals surface area (Å²) in [7, 11) is 1.83. The standard InChI is InChI=1S/C8H12.C7H8N4S.C3H8/c1-4-5-6-7-8(2)3;1-4-10-6(8-2)5-7(11-4)12-3-9-5;1-3-2/h4-7H,2H2,1,3H3;3H,1-2H3,(H,8,10,11);3H2,1-2H3/b5-4-,7-6-;;. The second kappa shape index (κ2) is 12.5. The average Bonchev–Trinajstić information content (AvgIpc) is 2.96. The first-order valence-corrected chi connectivity index (χ1v) is 8.58. The van der Waals surface area contributed by atoms with Crippen molar-refractivity contribution in [3.8, 4) is 0 Å². The number of aryl methyl sites for hydroxylation is 1. The summed E-state index contributed by atoms with van der Waals surface area (Å²) >= 11 is 1.53. The SMILES string of the molecule is C=C(C)/C=C\C=C/C.CCC.CNc1nc(C)nc2scnc12. The lowest BCUT2D eigenvalue weighted by molar-refractivity contribution is 1.09. The molecule has 2 rings (SSSR count). The van der Waals surface area contributed by atoms with Crippen LogP contribution in [0.4, 0.5) is 5.82 Å². The van der Waals surface area contributed by atoms with Crippen molar-refractivity contribution in [2.45, 2.75) is 41.0 Å². The lowest BCUT2D eigenvalue weighted by Crippen LogP contribution is -1.97. The summed E-state index contributed by atoms with van der Waals surface area (Å²) in [6, 6.07) is 0. The molecule has 0 aliphatic rings. The number of aromatic nitrogens is 3. The van der Waals surface area contributed by atoms with Crippen LogP contribution in [-0.2, 0) is 0 Å². The molecule has 2 aromatic heterocycles. The average molecular weight is 333 g/mol. The van der Waals surface area contributed by atoms with Crippen LogP contribution >= 0.6 is 11.3 Å². The Labute approximate surface area is 144 Å². The molecular formula is C18H28N4S. The van der Waals surface area contributed by atoms with Gasteiger partial charge in [0.2, 0.25) is 0 Å². The first kappa shape index (κ1) is 21.0. The van der Waals surface area contributed by atoms with E-state index in [0.717, 1.165) is 27.6 Å². The smallest absolute Gasteiger partial charge is 0.157 e. The Bertz CT molecular complexity index is 642. The molecule has 2 aromatic rings. The molecule has 0 saturated carbocycles. The highest BCUT2D eigenvalue weighted by molar-refractivity contribution is 7.16. The maximum Gasteiger partial charge on any atom is 0.157 e. The molecule has 23 heavy (non-hydrogen) atoms. The van der Waals surface area contributed by atoms with Crippen LogP contribution in [0.25, 0.3) is 10.3 Å². The van der Waals surface area contributed by atoms with Crippen LogP contribution < -0.4 is 5.32 Å². The van der Waals surface area contributed by atoms with Gasteiger partial charge in [0, 0.05) is 7.05 Å². The zero-order chi connectivity index (χ0) is 17.7. The lowest BCUT2D eigenvalue weighted by atomic mass is 10.3. The fourth-order valence-electron chi connectivity index (χ4n) is 1.37. The largest absolute Gasteiger partial charge is 0.371 e. The Balaban J connectivity index is 0.000000385. The Morgan fingerprint density at radius 1 is 1.30 bits per heavy atom. The Morgan fingerprint density at radius 3 is 2.48 bits per heavy atom. The van der Waals surface area contributed by atoms with Crippen molar-refractivity contribution in [2.24, 2.45) is 0 Å². The Kier molecular flexibility index (Phi) is 11.4. The number of nitrogens with one attached hydrogen (secondary N) is 1. The van der Waals surface area contributed by atoms with Gasteiger partial charge in [0.05, 0.1) is 5.51 Å². The Hall–Kier alpha value is -2.01. The van der Waals surface area contributed by atoms with Gasteiger partial charge < -0.3 is 5.32 Å². The van der Waals surface area contributed by atoms with Gasteiger partial charge in [-0.25, -0.2) is 15.0 Å². The van der Waals surface area contributed by atoms with Gasteiger partial charge >= 0.3 is 0 Å². The number of hydrogen-bond donors (Lipinski definition) is 1. The number of anilines is 1. The molecule has 0 amide bonds. The molecule has 0 aliphatic heterocycles. The van der Waals surface area contributed by atoms with Gasteiger partial charge in [0.15, 0.2) is 5.82 Å². The van der Waals surface area contributed by atoms with Crippen LogP contribution in [0, 0.1) is 6.92 Å². The predicted octanol–water partition coefficient (Wildman–Crippen LogP) is 5.55. The minimum atomic E-state index is 0.774. The Morgan fingerprint density at radius 2 is 1.96 bits per heavy atom. The van der Waals surface area contributed by atoms with Gasteiger partial charge in [0.25, 0.3) is 0 Å². The summed E-state index contributed by atoms with van der Waals surface area (Å²) in [6.07, 6.45) is 9.16. The third-order valence-electron chi connectivity index (χ3n) is 2.23.